The summed E-state index contributed by atoms with van der Waals surface area (Å²) in [6.45, 7) is 8.72. The second-order valence-corrected chi connectivity index (χ2v) is 7.10. The van der Waals surface area contributed by atoms with Crippen molar-refractivity contribution < 1.29 is 4.48 Å². The summed E-state index contributed by atoms with van der Waals surface area (Å²) in [5.74, 6) is 0. The van der Waals surface area contributed by atoms with Crippen LogP contribution in [0, 0.1) is 0 Å². The van der Waals surface area contributed by atoms with Gasteiger partial charge in [0.05, 0.1) is 26.7 Å². The van der Waals surface area contributed by atoms with Crippen LogP contribution in [-0.4, -0.2) is 36.5 Å². The fourth-order valence-electron chi connectivity index (χ4n) is 2.79. The number of quaternary nitrogens is 1. The highest BCUT2D eigenvalue weighted by Crippen LogP contribution is 2.13. The van der Waals surface area contributed by atoms with Crippen molar-refractivity contribution in [3.05, 3.63) is 0 Å². The predicted octanol–water partition coefficient (Wildman–Crippen LogP) is 5.77. The summed E-state index contributed by atoms with van der Waals surface area (Å²) in [6.07, 6.45) is 14.0. The molecule has 0 aliphatic rings. The molecule has 0 aromatic carbocycles. The molecule has 0 rings (SSSR count). The zero-order valence-corrected chi connectivity index (χ0v) is 15.3. The van der Waals surface area contributed by atoms with Gasteiger partial charge >= 0.3 is 0 Å². The zero-order valence-electron chi connectivity index (χ0n) is 13.7. The fourth-order valence-corrected chi connectivity index (χ4v) is 3.05. The lowest BCUT2D eigenvalue weighted by Crippen LogP contribution is -2.46. The van der Waals surface area contributed by atoms with Gasteiger partial charge in [-0.2, -0.15) is 0 Å². The quantitative estimate of drug-likeness (QED) is 0.215. The van der Waals surface area contributed by atoms with Crippen molar-refractivity contribution in [2.45, 2.75) is 78.1 Å². The van der Waals surface area contributed by atoms with E-state index in [-0.39, 0.29) is 0 Å². The molecule has 0 spiro atoms. The summed E-state index contributed by atoms with van der Waals surface area (Å²) in [5.41, 5.74) is 0. The third-order valence-electron chi connectivity index (χ3n) is 4.18. The average molecular weight is 335 g/mol. The van der Waals surface area contributed by atoms with Crippen molar-refractivity contribution in [1.82, 2.24) is 0 Å². The third kappa shape index (κ3) is 11.9. The molecule has 0 heterocycles. The lowest BCUT2D eigenvalue weighted by atomic mass is 10.1. The van der Waals surface area contributed by atoms with Crippen LogP contribution < -0.4 is 0 Å². The number of nitrogens with zero attached hydrogens (tertiary/aromatic N) is 1. The van der Waals surface area contributed by atoms with E-state index in [1.165, 1.54) is 88.3 Å². The fraction of sp³-hybridized carbons (Fsp3) is 1.00. The van der Waals surface area contributed by atoms with Crippen LogP contribution in [0.25, 0.3) is 0 Å². The molecule has 0 N–H and O–H groups in total. The maximum Gasteiger partial charge on any atom is 0.0792 e. The Morgan fingerprint density at radius 3 is 1.63 bits per heavy atom. The first-order valence-electron chi connectivity index (χ1n) is 8.58. The lowest BCUT2D eigenvalue weighted by molar-refractivity contribution is -0.910. The molecule has 0 bridgehead atoms. The standard InChI is InChI=1S/C17H37BrN/c1-4-6-8-9-10-12-16-19(3,17-13-14-18)15-11-7-5-2/h4-17H2,1-3H3/q+1. The third-order valence-corrected chi connectivity index (χ3v) is 4.75. The molecule has 2 heteroatoms. The van der Waals surface area contributed by atoms with E-state index >= 15 is 0 Å². The van der Waals surface area contributed by atoms with Crippen molar-refractivity contribution >= 4 is 15.9 Å². The van der Waals surface area contributed by atoms with Gasteiger partial charge in [0.1, 0.15) is 0 Å². The molecular weight excluding hydrogens is 298 g/mol. The number of unbranched alkanes of at least 4 members (excludes halogenated alkanes) is 7. The Hall–Kier alpha value is 0.440. The predicted molar refractivity (Wildman–Crippen MR) is 92.1 cm³/mol. The Morgan fingerprint density at radius 1 is 0.632 bits per heavy atom. The molecule has 1 atom stereocenters. The zero-order chi connectivity index (χ0) is 14.4. The van der Waals surface area contributed by atoms with Crippen LogP contribution in [0.5, 0.6) is 0 Å². The largest absolute Gasteiger partial charge is 0.326 e. The molecule has 0 saturated carbocycles. The second kappa shape index (κ2) is 13.4. The SMILES string of the molecule is CCCCCCCC[N+](C)(CCCBr)CCCCC. The first-order valence-corrected chi connectivity index (χ1v) is 9.70. The van der Waals surface area contributed by atoms with Crippen molar-refractivity contribution in [2.24, 2.45) is 0 Å². The Balaban J connectivity index is 3.83. The number of hydrogen-bond acceptors (Lipinski definition) is 0. The van der Waals surface area contributed by atoms with Crippen LogP contribution >= 0.6 is 15.9 Å². The number of rotatable bonds is 14. The maximum atomic E-state index is 3.58. The van der Waals surface area contributed by atoms with Crippen LogP contribution in [0.4, 0.5) is 0 Å². The van der Waals surface area contributed by atoms with Gasteiger partial charge in [0, 0.05) is 11.8 Å². The summed E-state index contributed by atoms with van der Waals surface area (Å²) in [5, 5.41) is 1.16. The van der Waals surface area contributed by atoms with Crippen molar-refractivity contribution in [1.29, 1.82) is 0 Å². The minimum atomic E-state index is 1.16. The van der Waals surface area contributed by atoms with Gasteiger partial charge in [-0.05, 0) is 25.7 Å². The van der Waals surface area contributed by atoms with Gasteiger partial charge < -0.3 is 4.48 Å². The van der Waals surface area contributed by atoms with Gasteiger partial charge in [-0.1, -0.05) is 61.9 Å². The molecule has 0 aliphatic carbocycles. The topological polar surface area (TPSA) is 0 Å². The van der Waals surface area contributed by atoms with Crippen molar-refractivity contribution in [2.75, 3.05) is 32.0 Å². The molecule has 0 fully saturated rings. The molecule has 1 nitrogen and oxygen atoms in total. The normalized spacial score (nSPS) is 14.5. The van der Waals surface area contributed by atoms with Gasteiger partial charge in [0.15, 0.2) is 0 Å². The summed E-state index contributed by atoms with van der Waals surface area (Å²) in [6, 6.07) is 0. The van der Waals surface area contributed by atoms with Crippen LogP contribution in [0.3, 0.4) is 0 Å². The molecule has 1 unspecified atom stereocenters. The summed E-state index contributed by atoms with van der Waals surface area (Å²) in [7, 11) is 2.48. The van der Waals surface area contributed by atoms with Crippen molar-refractivity contribution in [3.8, 4) is 0 Å². The Labute approximate surface area is 130 Å². The number of alkyl halides is 1. The smallest absolute Gasteiger partial charge is 0.0792 e. The molecule has 0 aromatic rings. The van der Waals surface area contributed by atoms with Crippen LogP contribution in [0.15, 0.2) is 0 Å². The highest BCUT2D eigenvalue weighted by atomic mass is 79.9. The highest BCUT2D eigenvalue weighted by molar-refractivity contribution is 9.09. The molecule has 0 aromatic heterocycles. The lowest BCUT2D eigenvalue weighted by Gasteiger charge is -2.35. The Bertz CT molecular complexity index is 184. The Kier molecular flexibility index (Phi) is 13.7. The van der Waals surface area contributed by atoms with E-state index in [2.05, 4.69) is 36.8 Å². The van der Waals surface area contributed by atoms with E-state index in [0.29, 0.717) is 0 Å². The van der Waals surface area contributed by atoms with E-state index < -0.39 is 0 Å². The van der Waals surface area contributed by atoms with Crippen LogP contribution in [0.2, 0.25) is 0 Å². The molecule has 116 valence electrons. The van der Waals surface area contributed by atoms with E-state index in [4.69, 9.17) is 0 Å². The first-order chi connectivity index (χ1) is 9.18. The summed E-state index contributed by atoms with van der Waals surface area (Å²) < 4.78 is 1.30. The van der Waals surface area contributed by atoms with E-state index in [9.17, 15) is 0 Å². The van der Waals surface area contributed by atoms with Gasteiger partial charge in [-0.3, -0.25) is 0 Å². The molecule has 0 amide bonds. The van der Waals surface area contributed by atoms with Gasteiger partial charge in [0.25, 0.3) is 0 Å². The number of halogens is 1. The van der Waals surface area contributed by atoms with Crippen molar-refractivity contribution in [3.63, 3.8) is 0 Å². The van der Waals surface area contributed by atoms with Gasteiger partial charge in [-0.15, -0.1) is 0 Å². The van der Waals surface area contributed by atoms with E-state index in [1.54, 1.807) is 0 Å². The van der Waals surface area contributed by atoms with Crippen LogP contribution in [-0.2, 0) is 0 Å². The molecular formula is C17H37BrN+. The molecule has 19 heavy (non-hydrogen) atoms. The minimum absolute atomic E-state index is 1.16. The minimum Gasteiger partial charge on any atom is -0.326 e. The average Bonchev–Trinajstić information content (AvgIpc) is 2.41. The van der Waals surface area contributed by atoms with Crippen LogP contribution in [0.1, 0.15) is 78.1 Å². The molecule has 0 radical (unpaired) electrons. The molecule has 0 saturated heterocycles. The monoisotopic (exact) mass is 334 g/mol. The first kappa shape index (κ1) is 19.4. The number of hydrogen-bond donors (Lipinski definition) is 0. The molecule has 0 aliphatic heterocycles. The van der Waals surface area contributed by atoms with Gasteiger partial charge in [-0.25, -0.2) is 0 Å². The summed E-state index contributed by atoms with van der Waals surface area (Å²) >= 11 is 3.58. The maximum absolute atomic E-state index is 3.58. The van der Waals surface area contributed by atoms with Gasteiger partial charge in [0.2, 0.25) is 0 Å². The second-order valence-electron chi connectivity index (χ2n) is 6.31. The summed E-state index contributed by atoms with van der Waals surface area (Å²) in [4.78, 5) is 0. The van der Waals surface area contributed by atoms with E-state index in [0.717, 1.165) is 5.33 Å². The highest BCUT2D eigenvalue weighted by Gasteiger charge is 2.19. The van der Waals surface area contributed by atoms with E-state index in [1.807, 2.05) is 0 Å². The Morgan fingerprint density at radius 2 is 1.05 bits per heavy atom.